The van der Waals surface area contributed by atoms with Crippen molar-refractivity contribution in [2.75, 3.05) is 6.61 Å². The summed E-state index contributed by atoms with van der Waals surface area (Å²) in [7, 11) is 0. The second kappa shape index (κ2) is 6.80. The van der Waals surface area contributed by atoms with Crippen molar-refractivity contribution in [1.82, 2.24) is 15.2 Å². The summed E-state index contributed by atoms with van der Waals surface area (Å²) >= 11 is 2.89. The fourth-order valence-corrected chi connectivity index (χ4v) is 3.31. The molecule has 7 nitrogen and oxygen atoms in total. The first-order valence-electron chi connectivity index (χ1n) is 6.72. The minimum absolute atomic E-state index is 0.0505. The van der Waals surface area contributed by atoms with Crippen LogP contribution in [0.3, 0.4) is 0 Å². The van der Waals surface area contributed by atoms with Crippen LogP contribution in [0.15, 0.2) is 45.8 Å². The Labute approximate surface area is 139 Å². The standard InChI is InChI=1S/C14H12N4O3S2/c1-2-21-11-8-9(5-6-10(11)18(19)20)23-14-15-13(16-17-14)12-4-3-7-22-12/h3-8H,2H2,1H3,(H,15,16,17). The predicted molar refractivity (Wildman–Crippen MR) is 88.1 cm³/mol. The van der Waals surface area contributed by atoms with Gasteiger partial charge in [-0.3, -0.25) is 15.2 Å². The van der Waals surface area contributed by atoms with E-state index in [0.717, 1.165) is 9.77 Å². The molecule has 0 amide bonds. The summed E-state index contributed by atoms with van der Waals surface area (Å²) < 4.78 is 5.34. The smallest absolute Gasteiger partial charge is 0.310 e. The predicted octanol–water partition coefficient (Wildman–Crippen LogP) is 3.99. The van der Waals surface area contributed by atoms with Gasteiger partial charge in [-0.05, 0) is 36.2 Å². The molecule has 0 spiro atoms. The summed E-state index contributed by atoms with van der Waals surface area (Å²) in [5, 5.41) is 20.6. The van der Waals surface area contributed by atoms with Crippen LogP contribution in [0, 0.1) is 10.1 Å². The maximum Gasteiger partial charge on any atom is 0.310 e. The topological polar surface area (TPSA) is 93.9 Å². The molecule has 1 N–H and O–H groups in total. The number of aromatic amines is 1. The van der Waals surface area contributed by atoms with Crippen LogP contribution in [0.25, 0.3) is 10.7 Å². The van der Waals surface area contributed by atoms with Crippen molar-refractivity contribution < 1.29 is 9.66 Å². The number of H-pyrrole nitrogens is 1. The lowest BCUT2D eigenvalue weighted by Gasteiger charge is -2.05. The maximum atomic E-state index is 11.0. The molecule has 0 radical (unpaired) electrons. The van der Waals surface area contributed by atoms with Gasteiger partial charge < -0.3 is 4.74 Å². The highest BCUT2D eigenvalue weighted by molar-refractivity contribution is 7.99. The van der Waals surface area contributed by atoms with E-state index < -0.39 is 4.92 Å². The zero-order valence-corrected chi connectivity index (χ0v) is 13.7. The SMILES string of the molecule is CCOc1cc(Sc2n[nH]c(-c3cccs3)n2)ccc1[N+](=O)[O-]. The summed E-state index contributed by atoms with van der Waals surface area (Å²) in [6, 6.07) is 8.62. The molecule has 118 valence electrons. The van der Waals surface area contributed by atoms with Crippen LogP contribution in [0.4, 0.5) is 5.69 Å². The Hall–Kier alpha value is -2.39. The minimum Gasteiger partial charge on any atom is -0.487 e. The minimum atomic E-state index is -0.457. The molecular formula is C14H12N4O3S2. The molecule has 0 atom stereocenters. The number of thiophene rings is 1. The number of benzene rings is 1. The molecule has 0 saturated heterocycles. The molecule has 9 heteroatoms. The zero-order valence-electron chi connectivity index (χ0n) is 12.1. The van der Waals surface area contributed by atoms with Crippen LogP contribution in [-0.4, -0.2) is 26.7 Å². The Kier molecular flexibility index (Phi) is 4.58. The van der Waals surface area contributed by atoms with Gasteiger partial charge in [-0.25, -0.2) is 4.98 Å². The van der Waals surface area contributed by atoms with Gasteiger partial charge in [0.1, 0.15) is 0 Å². The Balaban J connectivity index is 1.82. The monoisotopic (exact) mass is 348 g/mol. The molecule has 23 heavy (non-hydrogen) atoms. The Bertz CT molecular complexity index is 817. The van der Waals surface area contributed by atoms with E-state index in [1.54, 1.807) is 30.4 Å². The van der Waals surface area contributed by atoms with Gasteiger partial charge in [0.15, 0.2) is 11.6 Å². The largest absolute Gasteiger partial charge is 0.487 e. The molecule has 3 rings (SSSR count). The van der Waals surface area contributed by atoms with Crippen LogP contribution >= 0.6 is 23.1 Å². The van der Waals surface area contributed by atoms with Gasteiger partial charge in [-0.1, -0.05) is 6.07 Å². The van der Waals surface area contributed by atoms with E-state index in [9.17, 15) is 10.1 Å². The second-order valence-corrected chi connectivity index (χ2v) is 6.35. The number of nitrogens with zero attached hydrogens (tertiary/aromatic N) is 3. The van der Waals surface area contributed by atoms with Crippen LogP contribution in [0.5, 0.6) is 5.75 Å². The van der Waals surface area contributed by atoms with Gasteiger partial charge in [-0.15, -0.1) is 16.4 Å². The molecule has 1 aromatic carbocycles. The Morgan fingerprint density at radius 1 is 1.43 bits per heavy atom. The van der Waals surface area contributed by atoms with Crippen molar-refractivity contribution in [1.29, 1.82) is 0 Å². The quantitative estimate of drug-likeness (QED) is 0.535. The molecule has 0 aliphatic rings. The van der Waals surface area contributed by atoms with Gasteiger partial charge in [0, 0.05) is 17.0 Å². The summed E-state index contributed by atoms with van der Waals surface area (Å²) in [6.45, 7) is 2.14. The van der Waals surface area contributed by atoms with E-state index in [0.29, 0.717) is 17.6 Å². The van der Waals surface area contributed by atoms with E-state index in [1.165, 1.54) is 17.8 Å². The van der Waals surface area contributed by atoms with Crippen LogP contribution in [0.1, 0.15) is 6.92 Å². The fraction of sp³-hybridized carbons (Fsp3) is 0.143. The molecule has 3 aromatic rings. The molecular weight excluding hydrogens is 336 g/mol. The summed E-state index contributed by atoms with van der Waals surface area (Å²) in [5.74, 6) is 0.950. The van der Waals surface area contributed by atoms with Gasteiger partial charge >= 0.3 is 5.69 Å². The van der Waals surface area contributed by atoms with Crippen molar-refractivity contribution in [2.24, 2.45) is 0 Å². The van der Waals surface area contributed by atoms with Crippen LogP contribution in [-0.2, 0) is 0 Å². The average Bonchev–Trinajstić information content (AvgIpc) is 3.18. The third kappa shape index (κ3) is 3.51. The lowest BCUT2D eigenvalue weighted by molar-refractivity contribution is -0.385. The molecule has 0 bridgehead atoms. The van der Waals surface area contributed by atoms with E-state index in [2.05, 4.69) is 15.2 Å². The van der Waals surface area contributed by atoms with Crippen molar-refractivity contribution in [3.8, 4) is 16.5 Å². The Morgan fingerprint density at radius 3 is 3.00 bits per heavy atom. The first kappa shape index (κ1) is 15.5. The van der Waals surface area contributed by atoms with Crippen molar-refractivity contribution >= 4 is 28.8 Å². The highest BCUT2D eigenvalue weighted by atomic mass is 32.2. The fourth-order valence-electron chi connectivity index (χ4n) is 1.90. The normalized spacial score (nSPS) is 10.7. The van der Waals surface area contributed by atoms with Gasteiger partial charge in [0.05, 0.1) is 16.4 Å². The molecule has 0 saturated carbocycles. The number of hydrogen-bond donors (Lipinski definition) is 1. The molecule has 0 aliphatic heterocycles. The third-order valence-corrected chi connectivity index (χ3v) is 4.59. The average molecular weight is 348 g/mol. The van der Waals surface area contributed by atoms with Crippen molar-refractivity contribution in [2.45, 2.75) is 17.0 Å². The number of rotatable bonds is 6. The summed E-state index contributed by atoms with van der Waals surface area (Å²) in [6.07, 6.45) is 0. The molecule has 2 heterocycles. The number of nitro benzene ring substituents is 1. The lowest BCUT2D eigenvalue weighted by Crippen LogP contribution is -1.97. The van der Waals surface area contributed by atoms with E-state index in [4.69, 9.17) is 4.74 Å². The number of aromatic nitrogens is 3. The number of nitro groups is 1. The summed E-state index contributed by atoms with van der Waals surface area (Å²) in [5.41, 5.74) is -0.0505. The van der Waals surface area contributed by atoms with Gasteiger partial charge in [0.2, 0.25) is 5.16 Å². The molecule has 0 unspecified atom stereocenters. The van der Waals surface area contributed by atoms with Gasteiger partial charge in [0.25, 0.3) is 0 Å². The first-order chi connectivity index (χ1) is 11.2. The molecule has 0 fully saturated rings. The Morgan fingerprint density at radius 2 is 2.30 bits per heavy atom. The second-order valence-electron chi connectivity index (χ2n) is 4.37. The highest BCUT2D eigenvalue weighted by Crippen LogP contribution is 2.34. The van der Waals surface area contributed by atoms with Crippen molar-refractivity contribution in [3.63, 3.8) is 0 Å². The highest BCUT2D eigenvalue weighted by Gasteiger charge is 2.16. The summed E-state index contributed by atoms with van der Waals surface area (Å²) in [4.78, 5) is 16.7. The lowest BCUT2D eigenvalue weighted by atomic mass is 10.3. The third-order valence-electron chi connectivity index (χ3n) is 2.86. The van der Waals surface area contributed by atoms with E-state index in [1.807, 2.05) is 17.5 Å². The number of nitrogens with one attached hydrogen (secondary N) is 1. The van der Waals surface area contributed by atoms with Crippen LogP contribution in [0.2, 0.25) is 0 Å². The zero-order chi connectivity index (χ0) is 16.2. The molecule has 0 aliphatic carbocycles. The number of ether oxygens (including phenoxy) is 1. The van der Waals surface area contributed by atoms with Crippen LogP contribution < -0.4 is 4.74 Å². The van der Waals surface area contributed by atoms with Crippen molar-refractivity contribution in [3.05, 3.63) is 45.8 Å². The van der Waals surface area contributed by atoms with E-state index >= 15 is 0 Å². The first-order valence-corrected chi connectivity index (χ1v) is 8.42. The molecule has 2 aromatic heterocycles. The number of hydrogen-bond acceptors (Lipinski definition) is 7. The van der Waals surface area contributed by atoms with E-state index in [-0.39, 0.29) is 11.4 Å². The maximum absolute atomic E-state index is 11.0. The van der Waals surface area contributed by atoms with Gasteiger partial charge in [-0.2, -0.15) is 0 Å².